The highest BCUT2D eigenvalue weighted by molar-refractivity contribution is 5.90. The molecule has 1 unspecified atom stereocenters. The Labute approximate surface area is 359 Å². The van der Waals surface area contributed by atoms with Gasteiger partial charge in [0.2, 0.25) is 0 Å². The molecule has 5 aromatic carbocycles. The predicted octanol–water partition coefficient (Wildman–Crippen LogP) is 12.3. The zero-order valence-electron chi connectivity index (χ0n) is 33.6. The lowest BCUT2D eigenvalue weighted by molar-refractivity contribution is 0.353. The van der Waals surface area contributed by atoms with Crippen LogP contribution in [0.1, 0.15) is 23.1 Å². The molecule has 0 fully saturated rings. The molecular weight excluding hydrogens is 761 g/mol. The van der Waals surface area contributed by atoms with Crippen LogP contribution in [0.25, 0.3) is 78.9 Å². The zero-order valence-corrected chi connectivity index (χ0v) is 33.6. The van der Waals surface area contributed by atoms with E-state index in [1.165, 1.54) is 11.1 Å². The smallest absolute Gasteiger partial charge is 0.164 e. The summed E-state index contributed by atoms with van der Waals surface area (Å²) >= 11 is 0. The van der Waals surface area contributed by atoms with Crippen LogP contribution in [-0.2, 0) is 5.41 Å². The summed E-state index contributed by atoms with van der Waals surface area (Å²) in [5, 5.41) is 0. The van der Waals surface area contributed by atoms with Crippen molar-refractivity contribution in [2.75, 3.05) is 6.61 Å². The van der Waals surface area contributed by atoms with E-state index in [1.54, 1.807) is 0 Å². The van der Waals surface area contributed by atoms with Crippen molar-refractivity contribution in [3.05, 3.63) is 224 Å². The second kappa shape index (κ2) is 15.8. The first kappa shape index (κ1) is 36.9. The lowest BCUT2D eigenvalue weighted by atomic mass is 9.69. The Morgan fingerprint density at radius 1 is 0.387 bits per heavy atom. The van der Waals surface area contributed by atoms with Crippen molar-refractivity contribution in [2.45, 2.75) is 11.8 Å². The third-order valence-electron chi connectivity index (χ3n) is 11.8. The highest BCUT2D eigenvalue weighted by Crippen LogP contribution is 2.58. The first-order chi connectivity index (χ1) is 30.7. The van der Waals surface area contributed by atoms with Crippen molar-refractivity contribution < 1.29 is 4.74 Å². The molecular formula is C55H38N6O. The first-order valence-electron chi connectivity index (χ1n) is 20.8. The number of pyridine rings is 3. The third-order valence-corrected chi connectivity index (χ3v) is 11.8. The van der Waals surface area contributed by atoms with Gasteiger partial charge >= 0.3 is 0 Å². The Morgan fingerprint density at radius 3 is 1.52 bits per heavy atom. The molecule has 1 spiro atoms. The highest BCUT2D eigenvalue weighted by atomic mass is 16.5. The maximum absolute atomic E-state index is 6.52. The Morgan fingerprint density at radius 2 is 0.903 bits per heavy atom. The van der Waals surface area contributed by atoms with Gasteiger partial charge in [-0.25, -0.2) is 19.9 Å². The number of nitrogens with zero attached hydrogens (tertiary/aromatic N) is 6. The lowest BCUT2D eigenvalue weighted by Gasteiger charge is -2.34. The van der Waals surface area contributed by atoms with Crippen molar-refractivity contribution in [2.24, 2.45) is 0 Å². The van der Waals surface area contributed by atoms with E-state index in [0.717, 1.165) is 79.2 Å². The summed E-state index contributed by atoms with van der Waals surface area (Å²) in [5.74, 6) is 2.73. The van der Waals surface area contributed by atoms with Crippen LogP contribution in [0.3, 0.4) is 0 Å². The number of allylic oxidation sites excluding steroid dienone is 3. The fraction of sp³-hybridized carbons (Fsp3) is 0.0545. The monoisotopic (exact) mass is 798 g/mol. The van der Waals surface area contributed by atoms with E-state index in [1.807, 2.05) is 110 Å². The molecule has 5 heterocycles. The predicted molar refractivity (Wildman–Crippen MR) is 246 cm³/mol. The minimum absolute atomic E-state index is 0.476. The fourth-order valence-electron chi connectivity index (χ4n) is 8.88. The van der Waals surface area contributed by atoms with Gasteiger partial charge in [-0.05, 0) is 100 Å². The number of hydrogen-bond acceptors (Lipinski definition) is 7. The largest absolute Gasteiger partial charge is 0.489 e. The quantitative estimate of drug-likeness (QED) is 0.166. The number of fused-ring (bicyclic) bond motifs is 7. The highest BCUT2D eigenvalue weighted by Gasteiger charge is 2.46. The van der Waals surface area contributed by atoms with E-state index in [4.69, 9.17) is 24.7 Å². The molecule has 0 saturated heterocycles. The van der Waals surface area contributed by atoms with Gasteiger partial charge in [-0.3, -0.25) is 9.97 Å². The Kier molecular flexibility index (Phi) is 9.39. The second-order valence-electron chi connectivity index (χ2n) is 15.4. The molecule has 1 aliphatic heterocycles. The molecule has 7 heteroatoms. The number of ether oxygens (including phenoxy) is 1. The van der Waals surface area contributed by atoms with Gasteiger partial charge in [0, 0.05) is 58.2 Å². The van der Waals surface area contributed by atoms with Crippen LogP contribution in [0, 0.1) is 0 Å². The molecule has 0 saturated carbocycles. The van der Waals surface area contributed by atoms with Crippen LogP contribution >= 0.6 is 0 Å². The van der Waals surface area contributed by atoms with E-state index in [0.29, 0.717) is 24.1 Å². The van der Waals surface area contributed by atoms with Gasteiger partial charge in [0.25, 0.3) is 0 Å². The Hall–Kier alpha value is -8.16. The Bertz CT molecular complexity index is 2860. The molecule has 294 valence electrons. The van der Waals surface area contributed by atoms with Gasteiger partial charge in [-0.15, -0.1) is 0 Å². The van der Waals surface area contributed by atoms with E-state index >= 15 is 0 Å². The van der Waals surface area contributed by atoms with Gasteiger partial charge in [-0.1, -0.05) is 121 Å². The van der Waals surface area contributed by atoms with E-state index in [2.05, 4.69) is 107 Å². The molecule has 9 aromatic rings. The average Bonchev–Trinajstić information content (AvgIpc) is 3.63. The van der Waals surface area contributed by atoms with E-state index in [9.17, 15) is 0 Å². The van der Waals surface area contributed by atoms with Gasteiger partial charge in [0.15, 0.2) is 17.5 Å². The van der Waals surface area contributed by atoms with Crippen molar-refractivity contribution in [3.63, 3.8) is 0 Å². The van der Waals surface area contributed by atoms with Crippen molar-refractivity contribution >= 4 is 0 Å². The molecule has 11 rings (SSSR count). The minimum Gasteiger partial charge on any atom is -0.489 e. The SMILES string of the molecule is C1=C\COc2ccccc2C2(C\C=C/1)c1ccc(-c3cc(-c4ccncc4)nc(-c4ccncc4)c3)cc1-c1cc(-c3nc(-c4ccccc4)nc(-c4ccccc4)n3)ccc12. The van der Waals surface area contributed by atoms with Gasteiger partial charge in [0.05, 0.1) is 16.8 Å². The topological polar surface area (TPSA) is 86.6 Å². The molecule has 0 radical (unpaired) electrons. The van der Waals surface area contributed by atoms with Crippen LogP contribution in [0.2, 0.25) is 0 Å². The minimum atomic E-state index is -0.549. The van der Waals surface area contributed by atoms with Crippen LogP contribution in [0.5, 0.6) is 5.75 Å². The standard InChI is InChI=1S/C55H38N6O/c1-2-12-32-62-51-18-10-9-17-48(51)55(27-11-1)46-21-19-41(43-35-49(37-23-28-56-29-24-37)58-50(36-43)38-25-30-57-31-26-38)33-44(46)45-34-42(20-22-47(45)55)54-60-52(39-13-5-3-6-14-39)59-53(61-54)40-15-7-4-8-16-40/h1-26,28-31,33-36H,27,32H2/b11-1-,12-2-. The van der Waals surface area contributed by atoms with Gasteiger partial charge in [0.1, 0.15) is 12.4 Å². The van der Waals surface area contributed by atoms with Crippen LogP contribution < -0.4 is 4.74 Å². The summed E-state index contributed by atoms with van der Waals surface area (Å²) in [7, 11) is 0. The number of rotatable bonds is 6. The van der Waals surface area contributed by atoms with Crippen molar-refractivity contribution in [3.8, 4) is 84.7 Å². The third kappa shape index (κ3) is 6.66. The Balaban J connectivity index is 1.15. The van der Waals surface area contributed by atoms with E-state index < -0.39 is 5.41 Å². The van der Waals surface area contributed by atoms with Crippen LogP contribution in [-0.4, -0.2) is 36.5 Å². The molecule has 2 aliphatic rings. The fourth-order valence-corrected chi connectivity index (χ4v) is 8.88. The summed E-state index contributed by atoms with van der Waals surface area (Å²) in [6.07, 6.45) is 16.5. The number of para-hydroxylation sites is 1. The molecule has 1 aliphatic carbocycles. The van der Waals surface area contributed by atoms with Crippen LogP contribution in [0.4, 0.5) is 0 Å². The summed E-state index contributed by atoms with van der Waals surface area (Å²) in [5.41, 5.74) is 13.9. The molecule has 0 N–H and O–H groups in total. The van der Waals surface area contributed by atoms with E-state index in [-0.39, 0.29) is 0 Å². The summed E-state index contributed by atoms with van der Waals surface area (Å²) in [6, 6.07) is 54.7. The molecule has 7 nitrogen and oxygen atoms in total. The summed E-state index contributed by atoms with van der Waals surface area (Å²) in [6.45, 7) is 0.476. The maximum atomic E-state index is 6.52. The van der Waals surface area contributed by atoms with Crippen molar-refractivity contribution in [1.82, 2.24) is 29.9 Å². The first-order valence-corrected chi connectivity index (χ1v) is 20.8. The molecule has 62 heavy (non-hydrogen) atoms. The number of benzene rings is 5. The number of aromatic nitrogens is 6. The lowest BCUT2D eigenvalue weighted by Crippen LogP contribution is -2.27. The molecule has 0 bridgehead atoms. The average molecular weight is 799 g/mol. The molecule has 4 aromatic heterocycles. The van der Waals surface area contributed by atoms with Crippen molar-refractivity contribution in [1.29, 1.82) is 0 Å². The zero-order chi connectivity index (χ0) is 41.3. The summed E-state index contributed by atoms with van der Waals surface area (Å²) < 4.78 is 6.52. The van der Waals surface area contributed by atoms with Gasteiger partial charge in [-0.2, -0.15) is 0 Å². The summed E-state index contributed by atoms with van der Waals surface area (Å²) in [4.78, 5) is 28.9. The maximum Gasteiger partial charge on any atom is 0.164 e. The molecule has 1 atom stereocenters. The second-order valence-corrected chi connectivity index (χ2v) is 15.4. The van der Waals surface area contributed by atoms with Crippen LogP contribution in [0.15, 0.2) is 207 Å². The molecule has 0 amide bonds. The normalized spacial score (nSPS) is 16.1. The van der Waals surface area contributed by atoms with Gasteiger partial charge < -0.3 is 4.74 Å². The number of hydrogen-bond donors (Lipinski definition) is 0.